The van der Waals surface area contributed by atoms with Crippen molar-refractivity contribution in [3.8, 4) is 0 Å². The molecule has 1 unspecified atom stereocenters. The van der Waals surface area contributed by atoms with Crippen LogP contribution in [0, 0.1) is 0 Å². The Hall–Kier alpha value is -2.81. The van der Waals surface area contributed by atoms with Gasteiger partial charge in [0.1, 0.15) is 17.0 Å². The number of hydrogen-bond acceptors (Lipinski definition) is 9. The molecule has 0 bridgehead atoms. The number of alkyl halides is 3. The lowest BCUT2D eigenvalue weighted by atomic mass is 10.1. The fourth-order valence-electron chi connectivity index (χ4n) is 3.70. The third kappa shape index (κ3) is 5.40. The second-order valence-electron chi connectivity index (χ2n) is 7.64. The molecule has 3 aliphatic heterocycles. The SMILES string of the molecule is O=C(O)C(F)(F)F.O=S1CCc2nc(N3CCn4cnnc4C3)nc(NC3CCOCC3)c21. The van der Waals surface area contributed by atoms with Crippen LogP contribution in [-0.2, 0) is 39.8 Å². The third-order valence-electron chi connectivity index (χ3n) is 5.40. The fraction of sp³-hybridized carbons (Fsp3) is 0.611. The smallest absolute Gasteiger partial charge is 0.475 e. The fourth-order valence-corrected chi connectivity index (χ4v) is 5.01. The van der Waals surface area contributed by atoms with E-state index in [4.69, 9.17) is 24.6 Å². The van der Waals surface area contributed by atoms with Crippen LogP contribution in [0.15, 0.2) is 11.2 Å². The molecule has 1 fully saturated rings. The average molecular weight is 489 g/mol. The van der Waals surface area contributed by atoms with Crippen molar-refractivity contribution in [3.05, 3.63) is 17.8 Å². The number of nitrogens with zero attached hydrogens (tertiary/aromatic N) is 6. The number of nitrogens with one attached hydrogen (secondary N) is 1. The first-order valence-corrected chi connectivity index (χ1v) is 11.6. The number of aromatic nitrogens is 5. The number of carboxylic acid groups (broad SMARTS) is 1. The Bertz CT molecular complexity index is 1040. The number of rotatable bonds is 3. The molecule has 5 heterocycles. The lowest BCUT2D eigenvalue weighted by Crippen LogP contribution is -2.35. The van der Waals surface area contributed by atoms with Crippen LogP contribution in [0.25, 0.3) is 0 Å². The monoisotopic (exact) mass is 489 g/mol. The van der Waals surface area contributed by atoms with E-state index in [-0.39, 0.29) is 0 Å². The standard InChI is InChI=1S/C16H21N7O2S.C2HF3O2/c24-26-8-3-12-14(26)15(18-11-1-6-25-7-2-11)20-16(19-12)22-4-5-23-10-17-21-13(23)9-22;3-2(4,5)1(6)7/h10-11H,1-9H2,(H,18,19,20);(H,6,7). The molecular weight excluding hydrogens is 467 g/mol. The highest BCUT2D eigenvalue weighted by Crippen LogP contribution is 2.31. The van der Waals surface area contributed by atoms with Crippen molar-refractivity contribution in [2.75, 3.05) is 35.7 Å². The van der Waals surface area contributed by atoms with Crippen molar-refractivity contribution < 1.29 is 32.0 Å². The molecule has 180 valence electrons. The molecule has 0 radical (unpaired) electrons. The van der Waals surface area contributed by atoms with E-state index in [1.165, 1.54) is 0 Å². The highest BCUT2D eigenvalue weighted by Gasteiger charge is 2.38. The van der Waals surface area contributed by atoms with Gasteiger partial charge in [-0.05, 0) is 12.8 Å². The second-order valence-corrected chi connectivity index (χ2v) is 9.15. The van der Waals surface area contributed by atoms with E-state index in [1.807, 2.05) is 0 Å². The maximum atomic E-state index is 12.5. The molecule has 5 rings (SSSR count). The molecule has 0 aliphatic carbocycles. The molecule has 0 saturated carbocycles. The second kappa shape index (κ2) is 9.59. The molecule has 0 spiro atoms. The van der Waals surface area contributed by atoms with Crippen LogP contribution in [-0.4, -0.2) is 77.7 Å². The highest BCUT2D eigenvalue weighted by atomic mass is 32.2. The Kier molecular flexibility index (Phi) is 6.78. The Morgan fingerprint density at radius 3 is 2.67 bits per heavy atom. The van der Waals surface area contributed by atoms with Crippen molar-refractivity contribution in [1.29, 1.82) is 0 Å². The Balaban J connectivity index is 0.000000325. The molecule has 2 aromatic heterocycles. The quantitative estimate of drug-likeness (QED) is 0.642. The zero-order valence-corrected chi connectivity index (χ0v) is 18.2. The molecule has 15 heteroatoms. The largest absolute Gasteiger partial charge is 0.490 e. The van der Waals surface area contributed by atoms with Gasteiger partial charge in [-0.15, -0.1) is 10.2 Å². The van der Waals surface area contributed by atoms with E-state index in [9.17, 15) is 17.4 Å². The summed E-state index contributed by atoms with van der Waals surface area (Å²) in [6.07, 6.45) is -0.706. The predicted molar refractivity (Wildman–Crippen MR) is 109 cm³/mol. The van der Waals surface area contributed by atoms with E-state index >= 15 is 0 Å². The minimum atomic E-state index is -5.08. The van der Waals surface area contributed by atoms with Crippen LogP contribution in [0.3, 0.4) is 0 Å². The van der Waals surface area contributed by atoms with Gasteiger partial charge in [0.2, 0.25) is 5.95 Å². The van der Waals surface area contributed by atoms with Gasteiger partial charge in [-0.1, -0.05) is 0 Å². The Labute approximate surface area is 188 Å². The van der Waals surface area contributed by atoms with Gasteiger partial charge < -0.3 is 24.6 Å². The number of aryl methyl sites for hydroxylation is 1. The summed E-state index contributed by atoms with van der Waals surface area (Å²) in [5, 5.41) is 18.8. The molecular formula is C18H22F3N7O4S. The molecule has 33 heavy (non-hydrogen) atoms. The van der Waals surface area contributed by atoms with E-state index in [1.54, 1.807) is 6.33 Å². The van der Waals surface area contributed by atoms with Crippen molar-refractivity contribution in [2.24, 2.45) is 0 Å². The van der Waals surface area contributed by atoms with Gasteiger partial charge in [-0.3, -0.25) is 4.21 Å². The first-order chi connectivity index (χ1) is 15.7. The van der Waals surface area contributed by atoms with Crippen LogP contribution in [0.1, 0.15) is 24.4 Å². The van der Waals surface area contributed by atoms with Crippen molar-refractivity contribution in [1.82, 2.24) is 24.7 Å². The number of aliphatic carboxylic acids is 1. The topological polar surface area (TPSA) is 135 Å². The van der Waals surface area contributed by atoms with Crippen LogP contribution >= 0.6 is 0 Å². The molecule has 2 N–H and O–H groups in total. The average Bonchev–Trinajstić information content (AvgIpc) is 3.40. The van der Waals surface area contributed by atoms with Gasteiger partial charge in [0.25, 0.3) is 0 Å². The zero-order valence-electron chi connectivity index (χ0n) is 17.4. The van der Waals surface area contributed by atoms with Gasteiger partial charge in [-0.25, -0.2) is 9.78 Å². The van der Waals surface area contributed by atoms with Crippen molar-refractivity contribution >= 4 is 28.5 Å². The van der Waals surface area contributed by atoms with Crippen LogP contribution in [0.5, 0.6) is 0 Å². The number of carbonyl (C=O) groups is 1. The maximum absolute atomic E-state index is 12.5. The van der Waals surface area contributed by atoms with Gasteiger partial charge >= 0.3 is 12.1 Å². The first kappa shape index (κ1) is 23.4. The van der Waals surface area contributed by atoms with Gasteiger partial charge in [0.15, 0.2) is 5.82 Å². The predicted octanol–water partition coefficient (Wildman–Crippen LogP) is 0.976. The van der Waals surface area contributed by atoms with Gasteiger partial charge in [0.05, 0.1) is 23.0 Å². The third-order valence-corrected chi connectivity index (χ3v) is 6.86. The lowest BCUT2D eigenvalue weighted by molar-refractivity contribution is -0.192. The molecule has 3 aliphatic rings. The summed E-state index contributed by atoms with van der Waals surface area (Å²) < 4.78 is 51.7. The Morgan fingerprint density at radius 2 is 1.97 bits per heavy atom. The van der Waals surface area contributed by atoms with Crippen LogP contribution < -0.4 is 10.2 Å². The molecule has 11 nitrogen and oxygen atoms in total. The van der Waals surface area contributed by atoms with Crippen LogP contribution in [0.2, 0.25) is 0 Å². The zero-order chi connectivity index (χ0) is 23.6. The summed E-state index contributed by atoms with van der Waals surface area (Å²) in [5.41, 5.74) is 0.912. The van der Waals surface area contributed by atoms with Crippen LogP contribution in [0.4, 0.5) is 24.9 Å². The molecule has 1 saturated heterocycles. The first-order valence-electron chi connectivity index (χ1n) is 10.3. The lowest BCUT2D eigenvalue weighted by Gasteiger charge is -2.29. The molecule has 1 atom stereocenters. The van der Waals surface area contributed by atoms with Crippen molar-refractivity contribution in [3.63, 3.8) is 0 Å². The van der Waals surface area contributed by atoms with E-state index in [0.29, 0.717) is 24.3 Å². The molecule has 0 aromatic carbocycles. The normalized spacial score (nSPS) is 20.5. The summed E-state index contributed by atoms with van der Waals surface area (Å²) in [4.78, 5) is 21.3. The molecule has 2 aromatic rings. The molecule has 0 amide bonds. The number of halogens is 3. The number of anilines is 2. The summed E-state index contributed by atoms with van der Waals surface area (Å²) in [7, 11) is -1.02. The van der Waals surface area contributed by atoms with E-state index in [0.717, 1.165) is 67.8 Å². The minimum absolute atomic E-state index is 0.303. The Morgan fingerprint density at radius 1 is 1.24 bits per heavy atom. The highest BCUT2D eigenvalue weighted by molar-refractivity contribution is 7.85. The van der Waals surface area contributed by atoms with E-state index < -0.39 is 22.9 Å². The van der Waals surface area contributed by atoms with Gasteiger partial charge in [0, 0.05) is 44.5 Å². The number of fused-ring (bicyclic) bond motifs is 2. The maximum Gasteiger partial charge on any atom is 0.490 e. The summed E-state index contributed by atoms with van der Waals surface area (Å²) >= 11 is 0. The summed E-state index contributed by atoms with van der Waals surface area (Å²) in [5.74, 6) is 0.214. The van der Waals surface area contributed by atoms with Crippen molar-refractivity contribution in [2.45, 2.75) is 49.5 Å². The minimum Gasteiger partial charge on any atom is -0.475 e. The number of carboxylic acids is 1. The summed E-state index contributed by atoms with van der Waals surface area (Å²) in [6, 6.07) is 0.303. The van der Waals surface area contributed by atoms with E-state index in [2.05, 4.69) is 25.0 Å². The van der Waals surface area contributed by atoms with Gasteiger partial charge in [-0.2, -0.15) is 18.2 Å². The summed E-state index contributed by atoms with van der Waals surface area (Å²) in [6.45, 7) is 3.77. The number of ether oxygens (including phenoxy) is 1. The number of hydrogen-bond donors (Lipinski definition) is 2.